The third-order valence-electron chi connectivity index (χ3n) is 1.72. The van der Waals surface area contributed by atoms with Crippen LogP contribution < -0.4 is 16.8 Å². The first-order valence-corrected chi connectivity index (χ1v) is 4.38. The highest BCUT2D eigenvalue weighted by Gasteiger charge is 2.18. The van der Waals surface area contributed by atoms with Crippen molar-refractivity contribution in [3.05, 3.63) is 12.2 Å². The molecule has 0 fully saturated rings. The zero-order chi connectivity index (χ0) is 12.0. The van der Waals surface area contributed by atoms with Gasteiger partial charge < -0.3 is 16.8 Å². The quantitative estimate of drug-likeness (QED) is 0.481. The van der Waals surface area contributed by atoms with Gasteiger partial charge in [-0.2, -0.15) is 0 Å². The zero-order valence-corrected chi connectivity index (χ0v) is 8.58. The van der Waals surface area contributed by atoms with Crippen molar-refractivity contribution >= 4 is 17.7 Å². The van der Waals surface area contributed by atoms with Gasteiger partial charge in [0.25, 0.3) is 0 Å². The highest BCUT2D eigenvalue weighted by molar-refractivity contribution is 5.95. The second-order valence-electron chi connectivity index (χ2n) is 3.21. The SMILES string of the molecule is C=C(C)C(=O)NC(CCC(N)=O)C(N)=O. The first-order chi connectivity index (χ1) is 6.84. The Labute approximate surface area is 87.7 Å². The molecule has 84 valence electrons. The molecule has 1 atom stereocenters. The molecular formula is C9H15N3O3. The van der Waals surface area contributed by atoms with Crippen LogP contribution in [0, 0.1) is 0 Å². The third-order valence-corrected chi connectivity index (χ3v) is 1.72. The molecule has 0 rings (SSSR count). The highest BCUT2D eigenvalue weighted by atomic mass is 16.2. The summed E-state index contributed by atoms with van der Waals surface area (Å²) in [5.74, 6) is -1.72. The third kappa shape index (κ3) is 5.45. The maximum atomic E-state index is 11.2. The zero-order valence-electron chi connectivity index (χ0n) is 8.58. The van der Waals surface area contributed by atoms with Crippen LogP contribution in [-0.2, 0) is 14.4 Å². The van der Waals surface area contributed by atoms with Crippen molar-refractivity contribution in [3.63, 3.8) is 0 Å². The maximum Gasteiger partial charge on any atom is 0.246 e. The minimum Gasteiger partial charge on any atom is -0.370 e. The van der Waals surface area contributed by atoms with Gasteiger partial charge in [-0.15, -0.1) is 0 Å². The molecule has 3 amide bonds. The molecule has 0 aliphatic carbocycles. The van der Waals surface area contributed by atoms with Crippen LogP contribution in [0.3, 0.4) is 0 Å². The van der Waals surface area contributed by atoms with E-state index in [1.54, 1.807) is 0 Å². The lowest BCUT2D eigenvalue weighted by Crippen LogP contribution is -2.45. The number of hydrogen-bond acceptors (Lipinski definition) is 3. The molecule has 5 N–H and O–H groups in total. The molecule has 0 aromatic heterocycles. The van der Waals surface area contributed by atoms with Gasteiger partial charge >= 0.3 is 0 Å². The second kappa shape index (κ2) is 5.79. The fourth-order valence-corrected chi connectivity index (χ4v) is 0.854. The summed E-state index contributed by atoms with van der Waals surface area (Å²) in [5, 5.41) is 2.35. The van der Waals surface area contributed by atoms with E-state index in [4.69, 9.17) is 11.5 Å². The molecule has 0 radical (unpaired) electrons. The number of carbonyl (C=O) groups is 3. The second-order valence-corrected chi connectivity index (χ2v) is 3.21. The smallest absolute Gasteiger partial charge is 0.246 e. The molecule has 0 heterocycles. The van der Waals surface area contributed by atoms with E-state index in [9.17, 15) is 14.4 Å². The number of primary amides is 2. The minimum absolute atomic E-state index is 0.00984. The molecule has 0 saturated carbocycles. The Morgan fingerprint density at radius 2 is 1.87 bits per heavy atom. The molecule has 15 heavy (non-hydrogen) atoms. The highest BCUT2D eigenvalue weighted by Crippen LogP contribution is 1.98. The van der Waals surface area contributed by atoms with Gasteiger partial charge in [-0.25, -0.2) is 0 Å². The fraction of sp³-hybridized carbons (Fsp3) is 0.444. The summed E-state index contributed by atoms with van der Waals surface area (Å²) >= 11 is 0. The Balaban J connectivity index is 4.28. The number of carbonyl (C=O) groups excluding carboxylic acids is 3. The van der Waals surface area contributed by atoms with Gasteiger partial charge in [-0.1, -0.05) is 6.58 Å². The van der Waals surface area contributed by atoms with Gasteiger partial charge in [-0.05, 0) is 13.3 Å². The predicted octanol–water partition coefficient (Wildman–Crippen LogP) is -1.20. The molecule has 0 spiro atoms. The molecule has 0 aromatic carbocycles. The predicted molar refractivity (Wildman–Crippen MR) is 54.4 cm³/mol. The van der Waals surface area contributed by atoms with Gasteiger partial charge in [0.05, 0.1) is 0 Å². The van der Waals surface area contributed by atoms with E-state index in [-0.39, 0.29) is 18.4 Å². The Morgan fingerprint density at radius 3 is 2.20 bits per heavy atom. The number of rotatable bonds is 6. The molecule has 1 unspecified atom stereocenters. The van der Waals surface area contributed by atoms with Crippen molar-refractivity contribution < 1.29 is 14.4 Å². The lowest BCUT2D eigenvalue weighted by Gasteiger charge is -2.14. The van der Waals surface area contributed by atoms with E-state index >= 15 is 0 Å². The van der Waals surface area contributed by atoms with Crippen LogP contribution in [0.25, 0.3) is 0 Å². The number of nitrogens with one attached hydrogen (secondary N) is 1. The normalized spacial score (nSPS) is 11.5. The van der Waals surface area contributed by atoms with Crippen molar-refractivity contribution in [3.8, 4) is 0 Å². The molecule has 0 aromatic rings. The van der Waals surface area contributed by atoms with Gasteiger partial charge in [0.2, 0.25) is 17.7 Å². The maximum absolute atomic E-state index is 11.2. The fourth-order valence-electron chi connectivity index (χ4n) is 0.854. The summed E-state index contributed by atoms with van der Waals surface area (Å²) in [6, 6.07) is -0.887. The summed E-state index contributed by atoms with van der Waals surface area (Å²) in [5.41, 5.74) is 10.2. The Morgan fingerprint density at radius 1 is 1.33 bits per heavy atom. The summed E-state index contributed by atoms with van der Waals surface area (Å²) in [4.78, 5) is 32.5. The first kappa shape index (κ1) is 13.2. The average Bonchev–Trinajstić information content (AvgIpc) is 2.10. The van der Waals surface area contributed by atoms with Crippen molar-refractivity contribution in [1.82, 2.24) is 5.32 Å². The lowest BCUT2D eigenvalue weighted by molar-refractivity contribution is -0.126. The molecule has 0 bridgehead atoms. The van der Waals surface area contributed by atoms with Gasteiger partial charge in [0.15, 0.2) is 0 Å². The molecule has 0 aliphatic heterocycles. The number of amides is 3. The average molecular weight is 213 g/mol. The van der Waals surface area contributed by atoms with Crippen LogP contribution in [-0.4, -0.2) is 23.8 Å². The number of nitrogens with two attached hydrogens (primary N) is 2. The Kier molecular flexibility index (Phi) is 5.08. The molecular weight excluding hydrogens is 198 g/mol. The van der Waals surface area contributed by atoms with Crippen molar-refractivity contribution in [2.24, 2.45) is 11.5 Å². The molecule has 0 saturated heterocycles. The topological polar surface area (TPSA) is 115 Å². The summed E-state index contributed by atoms with van der Waals surface area (Å²) < 4.78 is 0. The standard InChI is InChI=1S/C9H15N3O3/c1-5(2)9(15)12-6(8(11)14)3-4-7(10)13/h6H,1,3-4H2,2H3,(H2,10,13)(H2,11,14)(H,12,15). The van der Waals surface area contributed by atoms with Crippen LogP contribution in [0.5, 0.6) is 0 Å². The minimum atomic E-state index is -0.887. The summed E-state index contributed by atoms with van der Waals surface area (Å²) in [6.07, 6.45) is 0.0910. The summed E-state index contributed by atoms with van der Waals surface area (Å²) in [7, 11) is 0. The molecule has 6 heteroatoms. The molecule has 6 nitrogen and oxygen atoms in total. The largest absolute Gasteiger partial charge is 0.370 e. The Bertz CT molecular complexity index is 299. The van der Waals surface area contributed by atoms with E-state index in [0.29, 0.717) is 0 Å². The van der Waals surface area contributed by atoms with Crippen LogP contribution in [0.2, 0.25) is 0 Å². The van der Waals surface area contributed by atoms with E-state index in [1.165, 1.54) is 6.92 Å². The van der Waals surface area contributed by atoms with Gasteiger partial charge in [0.1, 0.15) is 6.04 Å². The van der Waals surface area contributed by atoms with Crippen LogP contribution in [0.1, 0.15) is 19.8 Å². The van der Waals surface area contributed by atoms with Crippen LogP contribution in [0.15, 0.2) is 12.2 Å². The monoisotopic (exact) mass is 213 g/mol. The van der Waals surface area contributed by atoms with Crippen molar-refractivity contribution in [1.29, 1.82) is 0 Å². The Hall–Kier alpha value is -1.85. The van der Waals surface area contributed by atoms with Crippen molar-refractivity contribution in [2.45, 2.75) is 25.8 Å². The summed E-state index contributed by atoms with van der Waals surface area (Å²) in [6.45, 7) is 4.91. The van der Waals surface area contributed by atoms with Crippen molar-refractivity contribution in [2.75, 3.05) is 0 Å². The van der Waals surface area contributed by atoms with Crippen LogP contribution >= 0.6 is 0 Å². The van der Waals surface area contributed by atoms with Crippen LogP contribution in [0.4, 0.5) is 0 Å². The van der Waals surface area contributed by atoms with Gasteiger partial charge in [-0.3, -0.25) is 14.4 Å². The van der Waals surface area contributed by atoms with E-state index in [2.05, 4.69) is 11.9 Å². The van der Waals surface area contributed by atoms with Gasteiger partial charge in [0, 0.05) is 12.0 Å². The van der Waals surface area contributed by atoms with E-state index in [0.717, 1.165) is 0 Å². The number of hydrogen-bond donors (Lipinski definition) is 3. The lowest BCUT2D eigenvalue weighted by atomic mass is 10.1. The molecule has 0 aliphatic rings. The van der Waals surface area contributed by atoms with E-state index in [1.807, 2.05) is 0 Å². The van der Waals surface area contributed by atoms with E-state index < -0.39 is 23.8 Å². The first-order valence-electron chi connectivity index (χ1n) is 4.38.